The number of benzene rings is 3. The van der Waals surface area contributed by atoms with Crippen molar-refractivity contribution >= 4 is 35.2 Å². The second-order valence-corrected chi connectivity index (χ2v) is 7.80. The van der Waals surface area contributed by atoms with E-state index in [0.717, 1.165) is 18.2 Å². The topological polar surface area (TPSA) is 135 Å². The number of hydrogen-bond acceptors (Lipinski definition) is 7. The normalized spacial score (nSPS) is 10.8. The first-order valence-electron chi connectivity index (χ1n) is 12.0. The van der Waals surface area contributed by atoms with Crippen molar-refractivity contribution < 1.29 is 24.9 Å². The first-order valence-corrected chi connectivity index (χ1v) is 12.0. The molecule has 3 rings (SSSR count). The molecule has 38 heavy (non-hydrogen) atoms. The van der Waals surface area contributed by atoms with E-state index in [1.807, 2.05) is 45.9 Å². The number of amides is 1. The minimum atomic E-state index is -1.05. The Hall–Kier alpha value is -4.50. The molecule has 9 nitrogen and oxygen atoms in total. The zero-order valence-electron chi connectivity index (χ0n) is 22.9. The number of rotatable bonds is 8. The number of phenols is 1. The van der Waals surface area contributed by atoms with E-state index in [1.165, 1.54) is 17.1 Å². The van der Waals surface area contributed by atoms with E-state index in [-0.39, 0.29) is 11.3 Å². The van der Waals surface area contributed by atoms with Crippen LogP contribution in [0.25, 0.3) is 11.1 Å². The number of nitrogens with zero attached hydrogens (tertiary/aromatic N) is 3. The molecule has 9 heteroatoms. The average molecular weight is 521 g/mol. The fourth-order valence-corrected chi connectivity index (χ4v) is 3.16. The van der Waals surface area contributed by atoms with Crippen LogP contribution in [0.1, 0.15) is 49.2 Å². The van der Waals surface area contributed by atoms with Crippen molar-refractivity contribution in [2.75, 3.05) is 17.5 Å². The number of hydrazone groups is 2. The number of aromatic carboxylic acids is 1. The van der Waals surface area contributed by atoms with Gasteiger partial charge >= 0.3 is 5.97 Å². The smallest absolute Gasteiger partial charge is 0.335 e. The lowest BCUT2D eigenvalue weighted by Gasteiger charge is -2.14. The third kappa shape index (κ3) is 8.28. The number of nitrogens with one attached hydrogen (secondary N) is 1. The molecule has 3 aromatic carbocycles. The fraction of sp³-hybridized carbons (Fsp3) is 0.241. The molecule has 0 aliphatic carbocycles. The molecule has 0 spiro atoms. The summed E-state index contributed by atoms with van der Waals surface area (Å²) < 4.78 is 0. The van der Waals surface area contributed by atoms with E-state index in [9.17, 15) is 19.8 Å². The summed E-state index contributed by atoms with van der Waals surface area (Å²) in [6.45, 7) is 11.4. The Labute approximate surface area is 223 Å². The van der Waals surface area contributed by atoms with Crippen molar-refractivity contribution in [2.24, 2.45) is 10.2 Å². The Bertz CT molecular complexity index is 1300. The molecule has 0 radical (unpaired) electrons. The molecule has 0 saturated carbocycles. The van der Waals surface area contributed by atoms with Gasteiger partial charge in [0.1, 0.15) is 5.75 Å². The second kappa shape index (κ2) is 15.6. The van der Waals surface area contributed by atoms with Crippen molar-refractivity contribution in [2.45, 2.75) is 41.5 Å². The summed E-state index contributed by atoms with van der Waals surface area (Å²) in [4.78, 5) is 22.9. The molecule has 0 aliphatic heterocycles. The van der Waals surface area contributed by atoms with Crippen LogP contribution in [0.3, 0.4) is 0 Å². The largest absolute Gasteiger partial charge is 0.505 e. The van der Waals surface area contributed by atoms with Crippen LogP contribution in [0.15, 0.2) is 70.9 Å². The SMILES string of the molecule is CC.CC(=N/N(C=O)c1ccc(C)c(C)c1)/C(C)=N/Nc1cccc(-c2cccc(C(=O)O)c2)c1O.CO. The molecule has 0 unspecified atom stereocenters. The van der Waals surface area contributed by atoms with Gasteiger partial charge in [0, 0.05) is 12.7 Å². The van der Waals surface area contributed by atoms with Crippen molar-refractivity contribution in [3.63, 3.8) is 0 Å². The lowest BCUT2D eigenvalue weighted by Crippen LogP contribution is -2.19. The Morgan fingerprint density at radius 3 is 2.18 bits per heavy atom. The zero-order chi connectivity index (χ0) is 28.8. The molecular weight excluding hydrogens is 484 g/mol. The van der Waals surface area contributed by atoms with Gasteiger partial charge in [-0.3, -0.25) is 10.2 Å². The fourth-order valence-electron chi connectivity index (χ4n) is 3.16. The number of aryl methyl sites for hydroxylation is 2. The van der Waals surface area contributed by atoms with Gasteiger partial charge in [-0.05, 0) is 74.7 Å². The van der Waals surface area contributed by atoms with Crippen molar-refractivity contribution in [3.8, 4) is 16.9 Å². The van der Waals surface area contributed by atoms with Gasteiger partial charge in [0.05, 0.1) is 28.4 Å². The third-order valence-corrected chi connectivity index (χ3v) is 5.44. The summed E-state index contributed by atoms with van der Waals surface area (Å²) in [6, 6.07) is 17.0. The molecule has 0 aliphatic rings. The highest BCUT2D eigenvalue weighted by atomic mass is 16.4. The van der Waals surface area contributed by atoms with Gasteiger partial charge in [-0.25, -0.2) is 9.80 Å². The number of aliphatic hydroxyl groups is 1. The van der Waals surface area contributed by atoms with Crippen LogP contribution in [0, 0.1) is 13.8 Å². The van der Waals surface area contributed by atoms with Gasteiger partial charge < -0.3 is 15.3 Å². The number of aliphatic hydroxyl groups excluding tert-OH is 1. The first kappa shape index (κ1) is 31.5. The van der Waals surface area contributed by atoms with Gasteiger partial charge in [-0.2, -0.15) is 10.2 Å². The van der Waals surface area contributed by atoms with Gasteiger partial charge in [-0.15, -0.1) is 0 Å². The molecule has 202 valence electrons. The number of phenolic OH excluding ortho intramolecular Hbond substituents is 1. The molecule has 1 amide bonds. The molecular formula is C29H36N4O5. The summed E-state index contributed by atoms with van der Waals surface area (Å²) in [7, 11) is 1.00. The molecule has 0 saturated heterocycles. The summed E-state index contributed by atoms with van der Waals surface area (Å²) in [5.41, 5.74) is 8.14. The Morgan fingerprint density at radius 1 is 0.921 bits per heavy atom. The Kier molecular flexibility index (Phi) is 12.9. The number of carboxylic acids is 1. The molecule has 0 heterocycles. The monoisotopic (exact) mass is 520 g/mol. The first-order chi connectivity index (χ1) is 18.2. The van der Waals surface area contributed by atoms with Gasteiger partial charge in [0.15, 0.2) is 0 Å². The quantitative estimate of drug-likeness (QED) is 0.128. The van der Waals surface area contributed by atoms with E-state index >= 15 is 0 Å². The molecule has 3 aromatic rings. The summed E-state index contributed by atoms with van der Waals surface area (Å²) in [6.07, 6.45) is 0.634. The molecule has 0 aromatic heterocycles. The predicted octanol–water partition coefficient (Wildman–Crippen LogP) is 5.84. The lowest BCUT2D eigenvalue weighted by atomic mass is 10.0. The third-order valence-electron chi connectivity index (χ3n) is 5.44. The maximum absolute atomic E-state index is 11.6. The number of carboxylic acid groups (broad SMARTS) is 1. The average Bonchev–Trinajstić information content (AvgIpc) is 2.94. The van der Waals surface area contributed by atoms with E-state index < -0.39 is 5.97 Å². The van der Waals surface area contributed by atoms with Crippen LogP contribution >= 0.6 is 0 Å². The molecule has 0 fully saturated rings. The molecule has 4 N–H and O–H groups in total. The number of carbonyl (C=O) groups is 2. The standard InChI is InChI=1S/C26H26N4O4.C2H6.CH4O/c1-16-11-12-22(13-17(16)2)30(15-31)29-19(4)18(3)27-28-24-10-6-9-23(25(24)32)20-7-5-8-21(14-20)26(33)34;2*1-2/h5-15,28,32H,1-4H3,(H,33,34);1-2H3;2H,1H3/b27-18+,29-19-;;. The molecule has 0 bridgehead atoms. The lowest BCUT2D eigenvalue weighted by molar-refractivity contribution is -0.107. The van der Waals surface area contributed by atoms with E-state index in [0.29, 0.717) is 40.3 Å². The van der Waals surface area contributed by atoms with E-state index in [2.05, 4.69) is 15.6 Å². The number of para-hydroxylation sites is 1. The summed E-state index contributed by atoms with van der Waals surface area (Å²) in [5, 5.41) is 36.9. The van der Waals surface area contributed by atoms with Gasteiger partial charge in [0.2, 0.25) is 6.41 Å². The van der Waals surface area contributed by atoms with Crippen molar-refractivity contribution in [1.29, 1.82) is 0 Å². The Balaban J connectivity index is 0.00000172. The van der Waals surface area contributed by atoms with Crippen molar-refractivity contribution in [3.05, 3.63) is 77.4 Å². The number of carbonyl (C=O) groups excluding carboxylic acids is 1. The van der Waals surface area contributed by atoms with Gasteiger partial charge in [0.25, 0.3) is 0 Å². The summed E-state index contributed by atoms with van der Waals surface area (Å²) >= 11 is 0. The highest BCUT2D eigenvalue weighted by molar-refractivity contribution is 6.41. The molecule has 0 atom stereocenters. The second-order valence-electron chi connectivity index (χ2n) is 7.80. The van der Waals surface area contributed by atoms with Crippen LogP contribution in [-0.2, 0) is 4.79 Å². The number of aromatic hydroxyl groups is 1. The number of hydrogen-bond donors (Lipinski definition) is 4. The predicted molar refractivity (Wildman–Crippen MR) is 154 cm³/mol. The van der Waals surface area contributed by atoms with Crippen molar-refractivity contribution in [1.82, 2.24) is 0 Å². The zero-order valence-corrected chi connectivity index (χ0v) is 22.9. The minimum absolute atomic E-state index is 0.0687. The van der Waals surface area contributed by atoms with Crippen LogP contribution in [0.4, 0.5) is 11.4 Å². The minimum Gasteiger partial charge on any atom is -0.505 e. The van der Waals surface area contributed by atoms with Crippen LogP contribution in [0.2, 0.25) is 0 Å². The maximum atomic E-state index is 11.6. The van der Waals surface area contributed by atoms with E-state index in [1.54, 1.807) is 44.2 Å². The summed E-state index contributed by atoms with van der Waals surface area (Å²) in [5.74, 6) is -1.11. The Morgan fingerprint density at radius 2 is 1.58 bits per heavy atom. The maximum Gasteiger partial charge on any atom is 0.335 e. The van der Waals surface area contributed by atoms with Crippen LogP contribution in [-0.4, -0.2) is 46.2 Å². The number of anilines is 2. The van der Waals surface area contributed by atoms with E-state index in [4.69, 9.17) is 5.11 Å². The van der Waals surface area contributed by atoms with Crippen LogP contribution in [0.5, 0.6) is 5.75 Å². The van der Waals surface area contributed by atoms with Crippen LogP contribution < -0.4 is 10.4 Å². The highest BCUT2D eigenvalue weighted by Gasteiger charge is 2.12. The highest BCUT2D eigenvalue weighted by Crippen LogP contribution is 2.35. The van der Waals surface area contributed by atoms with Gasteiger partial charge in [-0.1, -0.05) is 44.2 Å².